The molecule has 0 aliphatic carbocycles. The smallest absolute Gasteiger partial charge is 0.149 e. The van der Waals surface area contributed by atoms with E-state index in [9.17, 15) is 0 Å². The van der Waals surface area contributed by atoms with Gasteiger partial charge in [0.05, 0.1) is 5.56 Å². The fourth-order valence-electron chi connectivity index (χ4n) is 2.39. The molecule has 2 aromatic heterocycles. The summed E-state index contributed by atoms with van der Waals surface area (Å²) in [6.45, 7) is 5.37. The van der Waals surface area contributed by atoms with E-state index in [0.29, 0.717) is 11.9 Å². The molecule has 1 unspecified atom stereocenters. The molecule has 0 aromatic carbocycles. The van der Waals surface area contributed by atoms with Gasteiger partial charge in [-0.1, -0.05) is 0 Å². The Bertz CT molecular complexity index is 560. The lowest BCUT2D eigenvalue weighted by atomic mass is 10.2. The van der Waals surface area contributed by atoms with E-state index < -0.39 is 0 Å². The molecule has 1 aliphatic heterocycles. The maximum Gasteiger partial charge on any atom is 0.149 e. The minimum absolute atomic E-state index is 0.574. The van der Waals surface area contributed by atoms with Crippen LogP contribution in [0.2, 0.25) is 0 Å². The second-order valence-corrected chi connectivity index (χ2v) is 6.34. The zero-order valence-electron chi connectivity index (χ0n) is 10.5. The molecule has 4 nitrogen and oxygen atoms in total. The van der Waals surface area contributed by atoms with Crippen LogP contribution in [0.5, 0.6) is 0 Å². The van der Waals surface area contributed by atoms with Crippen molar-refractivity contribution in [2.45, 2.75) is 32.7 Å². The van der Waals surface area contributed by atoms with Crippen LogP contribution in [0.25, 0.3) is 10.6 Å². The SMILES string of the molecule is Cc1csc(-c2c(N)nsc2N2CCCC2C)n1. The molecule has 1 saturated heterocycles. The Morgan fingerprint density at radius 2 is 2.33 bits per heavy atom. The van der Waals surface area contributed by atoms with Crippen molar-refractivity contribution in [1.82, 2.24) is 9.36 Å². The van der Waals surface area contributed by atoms with E-state index in [1.165, 1.54) is 29.4 Å². The van der Waals surface area contributed by atoms with Crippen molar-refractivity contribution < 1.29 is 0 Å². The van der Waals surface area contributed by atoms with Gasteiger partial charge in [-0.15, -0.1) is 11.3 Å². The molecule has 6 heteroatoms. The van der Waals surface area contributed by atoms with Crippen LogP contribution in [-0.2, 0) is 0 Å². The van der Waals surface area contributed by atoms with E-state index in [4.69, 9.17) is 5.73 Å². The largest absolute Gasteiger partial charge is 0.382 e. The predicted molar refractivity (Wildman–Crippen MR) is 78.4 cm³/mol. The zero-order chi connectivity index (χ0) is 12.7. The highest BCUT2D eigenvalue weighted by molar-refractivity contribution is 7.15. The van der Waals surface area contributed by atoms with Gasteiger partial charge in [0.15, 0.2) is 0 Å². The zero-order valence-corrected chi connectivity index (χ0v) is 12.1. The number of aryl methyl sites for hydroxylation is 1. The van der Waals surface area contributed by atoms with Gasteiger partial charge in [-0.3, -0.25) is 0 Å². The van der Waals surface area contributed by atoms with E-state index >= 15 is 0 Å². The summed E-state index contributed by atoms with van der Waals surface area (Å²) in [7, 11) is 0. The Balaban J connectivity index is 2.06. The Hall–Kier alpha value is -1.14. The number of hydrogen-bond acceptors (Lipinski definition) is 6. The Morgan fingerprint density at radius 3 is 2.94 bits per heavy atom. The van der Waals surface area contributed by atoms with Gasteiger partial charge in [-0.25, -0.2) is 4.98 Å². The quantitative estimate of drug-likeness (QED) is 0.918. The first-order valence-electron chi connectivity index (χ1n) is 6.11. The standard InChI is InChI=1S/C12H16N4S2/c1-7-6-17-11(14-7)9-10(13)15-18-12(9)16-5-3-4-8(16)2/h6,8H,3-5H2,1-2H3,(H2,13,15). The van der Waals surface area contributed by atoms with Crippen LogP contribution in [0.4, 0.5) is 10.8 Å². The Morgan fingerprint density at radius 1 is 1.50 bits per heavy atom. The molecule has 18 heavy (non-hydrogen) atoms. The number of nitrogens with two attached hydrogens (primary N) is 1. The molecule has 2 aromatic rings. The summed E-state index contributed by atoms with van der Waals surface area (Å²) in [4.78, 5) is 6.97. The second-order valence-electron chi connectivity index (χ2n) is 4.73. The number of hydrogen-bond donors (Lipinski definition) is 1. The molecule has 1 aliphatic rings. The highest BCUT2D eigenvalue weighted by Gasteiger charge is 2.27. The maximum atomic E-state index is 6.04. The van der Waals surface area contributed by atoms with Crippen LogP contribution in [0.1, 0.15) is 25.5 Å². The van der Waals surface area contributed by atoms with Crippen LogP contribution >= 0.6 is 22.9 Å². The minimum Gasteiger partial charge on any atom is -0.382 e. The predicted octanol–water partition coefficient (Wildman–Crippen LogP) is 3.15. The van der Waals surface area contributed by atoms with Gasteiger partial charge in [0, 0.05) is 23.7 Å². The molecule has 3 heterocycles. The van der Waals surface area contributed by atoms with E-state index in [1.54, 1.807) is 11.3 Å². The summed E-state index contributed by atoms with van der Waals surface area (Å²) in [6, 6.07) is 0.574. The molecule has 1 atom stereocenters. The summed E-state index contributed by atoms with van der Waals surface area (Å²) >= 11 is 3.14. The first-order chi connectivity index (χ1) is 8.66. The van der Waals surface area contributed by atoms with Gasteiger partial charge in [-0.05, 0) is 38.2 Å². The van der Waals surface area contributed by atoms with Crippen molar-refractivity contribution in [1.29, 1.82) is 0 Å². The van der Waals surface area contributed by atoms with E-state index in [2.05, 4.69) is 26.6 Å². The first-order valence-corrected chi connectivity index (χ1v) is 7.76. The third-order valence-corrected chi connectivity index (χ3v) is 5.22. The molecule has 0 radical (unpaired) electrons. The maximum absolute atomic E-state index is 6.04. The van der Waals surface area contributed by atoms with Gasteiger partial charge in [0.1, 0.15) is 15.8 Å². The molecule has 0 bridgehead atoms. The van der Waals surface area contributed by atoms with E-state index in [0.717, 1.165) is 22.8 Å². The van der Waals surface area contributed by atoms with Crippen LogP contribution in [-0.4, -0.2) is 21.9 Å². The molecular formula is C12H16N4S2. The molecule has 2 N–H and O–H groups in total. The molecular weight excluding hydrogens is 264 g/mol. The van der Waals surface area contributed by atoms with Crippen molar-refractivity contribution in [2.75, 3.05) is 17.2 Å². The summed E-state index contributed by atoms with van der Waals surface area (Å²) in [5.74, 6) is 0.614. The average molecular weight is 280 g/mol. The highest BCUT2D eigenvalue weighted by atomic mass is 32.1. The molecule has 3 rings (SSSR count). The highest BCUT2D eigenvalue weighted by Crippen LogP contribution is 2.42. The third-order valence-electron chi connectivity index (χ3n) is 3.35. The van der Waals surface area contributed by atoms with Crippen LogP contribution in [0.3, 0.4) is 0 Å². The van der Waals surface area contributed by atoms with Crippen molar-refractivity contribution in [3.05, 3.63) is 11.1 Å². The number of anilines is 2. The topological polar surface area (TPSA) is 55.0 Å². The van der Waals surface area contributed by atoms with Crippen LogP contribution in [0.15, 0.2) is 5.38 Å². The third kappa shape index (κ3) is 1.89. The molecule has 0 saturated carbocycles. The van der Waals surface area contributed by atoms with Crippen LogP contribution < -0.4 is 10.6 Å². The lowest BCUT2D eigenvalue weighted by Crippen LogP contribution is -2.25. The van der Waals surface area contributed by atoms with Gasteiger partial charge >= 0.3 is 0 Å². The van der Waals surface area contributed by atoms with Crippen molar-refractivity contribution in [2.24, 2.45) is 0 Å². The monoisotopic (exact) mass is 280 g/mol. The van der Waals surface area contributed by atoms with Gasteiger partial charge in [-0.2, -0.15) is 4.37 Å². The fourth-order valence-corrected chi connectivity index (χ4v) is 4.25. The Kier molecular flexibility index (Phi) is 2.99. The fraction of sp³-hybridized carbons (Fsp3) is 0.500. The number of nitrogens with zero attached hydrogens (tertiary/aromatic N) is 3. The number of aromatic nitrogens is 2. The van der Waals surface area contributed by atoms with Gasteiger partial charge < -0.3 is 10.6 Å². The summed E-state index contributed by atoms with van der Waals surface area (Å²) in [5.41, 5.74) is 8.11. The molecule has 0 amide bonds. The minimum atomic E-state index is 0.574. The van der Waals surface area contributed by atoms with Crippen molar-refractivity contribution in [3.63, 3.8) is 0 Å². The summed E-state index contributed by atoms with van der Waals surface area (Å²) in [5, 5.41) is 4.24. The average Bonchev–Trinajstić information content (AvgIpc) is 3.00. The molecule has 0 spiro atoms. The lowest BCUT2D eigenvalue weighted by molar-refractivity contribution is 0.739. The number of thiazole rings is 1. The first kappa shape index (κ1) is 11.9. The summed E-state index contributed by atoms with van der Waals surface area (Å²) in [6.07, 6.45) is 2.49. The van der Waals surface area contributed by atoms with Gasteiger partial charge in [0.2, 0.25) is 0 Å². The van der Waals surface area contributed by atoms with Crippen LogP contribution in [0, 0.1) is 6.92 Å². The lowest BCUT2D eigenvalue weighted by Gasteiger charge is -2.22. The second kappa shape index (κ2) is 4.51. The van der Waals surface area contributed by atoms with Crippen molar-refractivity contribution in [3.8, 4) is 10.6 Å². The van der Waals surface area contributed by atoms with E-state index in [-0.39, 0.29) is 0 Å². The van der Waals surface area contributed by atoms with Crippen molar-refractivity contribution >= 4 is 33.7 Å². The Labute approximate surface area is 115 Å². The summed E-state index contributed by atoms with van der Waals surface area (Å²) < 4.78 is 4.33. The normalized spacial score (nSPS) is 19.7. The molecule has 96 valence electrons. The molecule has 1 fully saturated rings. The van der Waals surface area contributed by atoms with Gasteiger partial charge in [0.25, 0.3) is 0 Å². The van der Waals surface area contributed by atoms with E-state index in [1.807, 2.05) is 6.92 Å². The number of rotatable bonds is 2. The number of nitrogen functional groups attached to an aromatic ring is 1.